The van der Waals surface area contributed by atoms with Crippen molar-refractivity contribution in [1.29, 1.82) is 0 Å². The van der Waals surface area contributed by atoms with Crippen LogP contribution in [0, 0.1) is 6.92 Å². The number of nitrogens with one attached hydrogen (secondary N) is 1. The molecule has 1 aromatic carbocycles. The lowest BCUT2D eigenvalue weighted by Gasteiger charge is -2.39. The fraction of sp³-hybridized carbons (Fsp3) is 0.429. The monoisotopic (exact) mass is 378 g/mol. The lowest BCUT2D eigenvalue weighted by atomic mass is 10.0. The zero-order valence-electron chi connectivity index (χ0n) is 16.4. The molecule has 1 fully saturated rings. The maximum Gasteiger partial charge on any atom is 0.165 e. The lowest BCUT2D eigenvalue weighted by Crippen LogP contribution is -2.55. The second-order valence-corrected chi connectivity index (χ2v) is 7.81. The van der Waals surface area contributed by atoms with Crippen LogP contribution in [0.4, 0.5) is 5.82 Å². The van der Waals surface area contributed by atoms with Gasteiger partial charge < -0.3 is 15.0 Å². The smallest absolute Gasteiger partial charge is 0.165 e. The number of fused-ring (bicyclic) bond motifs is 5. The van der Waals surface area contributed by atoms with Crippen molar-refractivity contribution in [3.05, 3.63) is 42.2 Å². The molecule has 2 aliphatic heterocycles. The number of rotatable bonds is 0. The summed E-state index contributed by atoms with van der Waals surface area (Å²) in [5, 5.41) is 7.97. The fourth-order valence-electron chi connectivity index (χ4n) is 4.16. The van der Waals surface area contributed by atoms with E-state index < -0.39 is 0 Å². The topological polar surface area (TPSA) is 57.9 Å². The van der Waals surface area contributed by atoms with E-state index in [9.17, 15) is 0 Å². The Morgan fingerprint density at radius 2 is 2.07 bits per heavy atom. The number of aryl methyl sites for hydroxylation is 1. The van der Waals surface area contributed by atoms with Crippen molar-refractivity contribution in [3.63, 3.8) is 0 Å². The van der Waals surface area contributed by atoms with Crippen LogP contribution in [0.2, 0.25) is 0 Å². The molecular weight excluding hydrogens is 352 g/mol. The molecule has 7 heteroatoms. The molecule has 28 heavy (non-hydrogen) atoms. The third-order valence-corrected chi connectivity index (χ3v) is 5.82. The number of anilines is 1. The van der Waals surface area contributed by atoms with Gasteiger partial charge in [0.2, 0.25) is 0 Å². The predicted octanol–water partition coefficient (Wildman–Crippen LogP) is 2.13. The molecule has 4 bridgehead atoms. The molecule has 7 nitrogen and oxygen atoms in total. The Bertz CT molecular complexity index is 1000. The van der Waals surface area contributed by atoms with E-state index in [0.29, 0.717) is 12.6 Å². The van der Waals surface area contributed by atoms with Gasteiger partial charge in [-0.25, -0.2) is 9.50 Å². The Hall–Kier alpha value is -2.64. The van der Waals surface area contributed by atoms with Crippen LogP contribution in [-0.2, 0) is 0 Å². The molecule has 0 aliphatic carbocycles. The quantitative estimate of drug-likeness (QED) is 0.647. The number of aromatic nitrogens is 3. The molecule has 0 saturated carbocycles. The molecule has 0 spiro atoms. The summed E-state index contributed by atoms with van der Waals surface area (Å²) in [6.45, 7) is 7.82. The molecule has 0 unspecified atom stereocenters. The fourth-order valence-corrected chi connectivity index (χ4v) is 4.16. The molecule has 1 N–H and O–H groups in total. The number of hydrogen-bond acceptors (Lipinski definition) is 6. The van der Waals surface area contributed by atoms with Gasteiger partial charge in [0, 0.05) is 44.5 Å². The molecule has 146 valence electrons. The first-order valence-corrected chi connectivity index (χ1v) is 9.92. The zero-order valence-corrected chi connectivity index (χ0v) is 16.4. The van der Waals surface area contributed by atoms with E-state index in [0.717, 1.165) is 61.1 Å². The summed E-state index contributed by atoms with van der Waals surface area (Å²) in [4.78, 5) is 9.75. The van der Waals surface area contributed by atoms with E-state index >= 15 is 0 Å². The largest absolute Gasteiger partial charge is 0.492 e. The van der Waals surface area contributed by atoms with Crippen LogP contribution in [0.15, 0.2) is 36.7 Å². The molecular formula is C21H26N6O. The minimum Gasteiger partial charge on any atom is -0.492 e. The maximum absolute atomic E-state index is 6.26. The maximum atomic E-state index is 6.26. The summed E-state index contributed by atoms with van der Waals surface area (Å²) >= 11 is 0. The number of hydrogen-bond donors (Lipinski definition) is 1. The average molecular weight is 378 g/mol. The van der Waals surface area contributed by atoms with Crippen molar-refractivity contribution >= 4 is 11.5 Å². The van der Waals surface area contributed by atoms with E-state index in [2.05, 4.69) is 52.4 Å². The molecule has 5 rings (SSSR count). The molecule has 0 amide bonds. The molecule has 1 saturated heterocycles. The Kier molecular flexibility index (Phi) is 4.41. The SMILES string of the molecule is Cc1ccc2cc1-c1cnn3ccc(nc13)NCCN1CCN(C)C[C@H]1CO2. The number of piperazine rings is 1. The Balaban J connectivity index is 1.57. The van der Waals surface area contributed by atoms with Gasteiger partial charge in [-0.15, -0.1) is 0 Å². The summed E-state index contributed by atoms with van der Waals surface area (Å²) in [7, 11) is 2.19. The third-order valence-electron chi connectivity index (χ3n) is 5.82. The van der Waals surface area contributed by atoms with Crippen molar-refractivity contribution in [3.8, 4) is 16.9 Å². The number of ether oxygens (including phenoxy) is 1. The first kappa shape index (κ1) is 17.5. The van der Waals surface area contributed by atoms with Crippen LogP contribution >= 0.6 is 0 Å². The molecule has 4 heterocycles. The van der Waals surface area contributed by atoms with Crippen LogP contribution in [0.3, 0.4) is 0 Å². The number of nitrogens with zero attached hydrogens (tertiary/aromatic N) is 5. The van der Waals surface area contributed by atoms with Crippen molar-refractivity contribution < 1.29 is 4.74 Å². The summed E-state index contributed by atoms with van der Waals surface area (Å²) < 4.78 is 8.08. The van der Waals surface area contributed by atoms with E-state index in [1.54, 1.807) is 0 Å². The van der Waals surface area contributed by atoms with E-state index in [1.807, 2.05) is 23.0 Å². The van der Waals surface area contributed by atoms with Gasteiger partial charge in [-0.05, 0) is 43.3 Å². The molecule has 1 atom stereocenters. The number of likely N-dealkylation sites (N-methyl/N-ethyl adjacent to an activating group) is 1. The Morgan fingerprint density at radius 1 is 1.14 bits per heavy atom. The highest BCUT2D eigenvalue weighted by molar-refractivity contribution is 5.80. The second-order valence-electron chi connectivity index (χ2n) is 7.81. The standard InChI is InChI=1S/C21H26N6O/c1-15-3-4-17-11-18(15)19-12-23-27-7-5-20(24-21(19)27)22-6-8-26-10-9-25(2)13-16(26)14-28-17/h3-5,7,11-12,16H,6,8-10,13-14H2,1-2H3,(H,22,24)/t16-/m0/s1. The second kappa shape index (κ2) is 7.07. The van der Waals surface area contributed by atoms with Gasteiger partial charge in [0.1, 0.15) is 18.2 Å². The molecule has 2 aliphatic rings. The van der Waals surface area contributed by atoms with Crippen molar-refractivity contribution in [2.24, 2.45) is 0 Å². The lowest BCUT2D eigenvalue weighted by molar-refractivity contribution is 0.0612. The molecule has 2 aromatic heterocycles. The predicted molar refractivity (Wildman–Crippen MR) is 110 cm³/mol. The minimum atomic E-state index is 0.385. The minimum absolute atomic E-state index is 0.385. The van der Waals surface area contributed by atoms with Crippen molar-refractivity contribution in [1.82, 2.24) is 24.4 Å². The van der Waals surface area contributed by atoms with Gasteiger partial charge >= 0.3 is 0 Å². The van der Waals surface area contributed by atoms with Crippen LogP contribution in [-0.4, -0.2) is 76.8 Å². The zero-order chi connectivity index (χ0) is 19.1. The van der Waals surface area contributed by atoms with Gasteiger partial charge in [0.25, 0.3) is 0 Å². The van der Waals surface area contributed by atoms with E-state index in [4.69, 9.17) is 9.72 Å². The van der Waals surface area contributed by atoms with Crippen LogP contribution in [0.25, 0.3) is 16.8 Å². The van der Waals surface area contributed by atoms with Crippen LogP contribution in [0.5, 0.6) is 5.75 Å². The molecule has 3 aromatic rings. The first-order valence-electron chi connectivity index (χ1n) is 9.92. The summed E-state index contributed by atoms with van der Waals surface area (Å²) in [6, 6.07) is 8.68. The van der Waals surface area contributed by atoms with Crippen molar-refractivity contribution in [2.75, 3.05) is 51.7 Å². The highest BCUT2D eigenvalue weighted by Gasteiger charge is 2.26. The Morgan fingerprint density at radius 3 is 3.00 bits per heavy atom. The van der Waals surface area contributed by atoms with E-state index in [1.165, 1.54) is 5.56 Å². The van der Waals surface area contributed by atoms with Gasteiger partial charge in [-0.3, -0.25) is 4.90 Å². The van der Waals surface area contributed by atoms with Gasteiger partial charge in [0.05, 0.1) is 12.2 Å². The van der Waals surface area contributed by atoms with Gasteiger partial charge in [-0.1, -0.05) is 6.07 Å². The van der Waals surface area contributed by atoms with Gasteiger partial charge in [-0.2, -0.15) is 5.10 Å². The highest BCUT2D eigenvalue weighted by atomic mass is 16.5. The van der Waals surface area contributed by atoms with Gasteiger partial charge in [0.15, 0.2) is 5.65 Å². The summed E-state index contributed by atoms with van der Waals surface area (Å²) in [5.41, 5.74) is 4.20. The van der Waals surface area contributed by atoms with Crippen LogP contribution in [0.1, 0.15) is 5.56 Å². The molecule has 0 radical (unpaired) electrons. The van der Waals surface area contributed by atoms with E-state index in [-0.39, 0.29) is 0 Å². The Labute approximate surface area is 164 Å². The highest BCUT2D eigenvalue weighted by Crippen LogP contribution is 2.31. The average Bonchev–Trinajstić information content (AvgIpc) is 3.11. The third kappa shape index (κ3) is 3.21. The summed E-state index contributed by atoms with van der Waals surface area (Å²) in [5.74, 6) is 1.79. The number of benzene rings is 1. The van der Waals surface area contributed by atoms with Crippen molar-refractivity contribution in [2.45, 2.75) is 13.0 Å². The summed E-state index contributed by atoms with van der Waals surface area (Å²) in [6.07, 6.45) is 3.86. The first-order chi connectivity index (χ1) is 13.7. The normalized spacial score (nSPS) is 21.0. The van der Waals surface area contributed by atoms with Crippen LogP contribution < -0.4 is 10.1 Å².